The second kappa shape index (κ2) is 7.31. The molecule has 0 spiro atoms. The molecular formula is C18H22N4O3. The number of rotatable bonds is 4. The molecule has 2 fully saturated rings. The number of aromatic nitrogens is 3. The summed E-state index contributed by atoms with van der Waals surface area (Å²) < 4.78 is 11.5. The van der Waals surface area contributed by atoms with Crippen molar-refractivity contribution in [1.82, 2.24) is 20.1 Å². The van der Waals surface area contributed by atoms with Gasteiger partial charge in [-0.05, 0) is 37.8 Å². The quantitative estimate of drug-likeness (QED) is 0.849. The van der Waals surface area contributed by atoms with E-state index in [2.05, 4.69) is 15.2 Å². The molecule has 2 aromatic heterocycles. The van der Waals surface area contributed by atoms with Crippen LogP contribution in [0.1, 0.15) is 43.9 Å². The van der Waals surface area contributed by atoms with Gasteiger partial charge in [0.15, 0.2) is 0 Å². The summed E-state index contributed by atoms with van der Waals surface area (Å²) in [7, 11) is 0. The zero-order chi connectivity index (χ0) is 17.1. The third kappa shape index (κ3) is 3.71. The Labute approximate surface area is 146 Å². The smallest absolute Gasteiger partial charge is 0.249 e. The van der Waals surface area contributed by atoms with Crippen LogP contribution in [0, 0.1) is 0 Å². The van der Waals surface area contributed by atoms with Gasteiger partial charge in [-0.15, -0.1) is 10.2 Å². The average Bonchev–Trinajstić information content (AvgIpc) is 3.33. The second-order valence-corrected chi connectivity index (χ2v) is 6.71. The van der Waals surface area contributed by atoms with E-state index in [1.807, 2.05) is 17.0 Å². The Morgan fingerprint density at radius 2 is 2.24 bits per heavy atom. The van der Waals surface area contributed by atoms with E-state index < -0.39 is 0 Å². The van der Waals surface area contributed by atoms with Crippen molar-refractivity contribution in [3.8, 4) is 11.5 Å². The van der Waals surface area contributed by atoms with Crippen LogP contribution >= 0.6 is 0 Å². The van der Waals surface area contributed by atoms with E-state index >= 15 is 0 Å². The number of hydrogen-bond donors (Lipinski definition) is 0. The highest BCUT2D eigenvalue weighted by molar-refractivity contribution is 5.77. The summed E-state index contributed by atoms with van der Waals surface area (Å²) in [6, 6.07) is 3.72. The van der Waals surface area contributed by atoms with Gasteiger partial charge in [-0.2, -0.15) is 0 Å². The van der Waals surface area contributed by atoms with Crippen molar-refractivity contribution in [2.75, 3.05) is 19.7 Å². The van der Waals surface area contributed by atoms with Gasteiger partial charge < -0.3 is 14.1 Å². The molecule has 4 rings (SSSR count). The summed E-state index contributed by atoms with van der Waals surface area (Å²) in [5.41, 5.74) is 0.807. The lowest BCUT2D eigenvalue weighted by Crippen LogP contribution is -2.33. The van der Waals surface area contributed by atoms with Gasteiger partial charge in [-0.3, -0.25) is 9.78 Å². The summed E-state index contributed by atoms with van der Waals surface area (Å²) in [6.45, 7) is 2.15. The first kappa shape index (κ1) is 16.2. The maximum Gasteiger partial charge on any atom is 0.249 e. The van der Waals surface area contributed by atoms with E-state index in [1.165, 1.54) is 0 Å². The van der Waals surface area contributed by atoms with Crippen LogP contribution in [-0.2, 0) is 9.53 Å². The fourth-order valence-electron chi connectivity index (χ4n) is 3.49. The molecule has 0 saturated carbocycles. The lowest BCUT2D eigenvalue weighted by atomic mass is 10.1. The summed E-state index contributed by atoms with van der Waals surface area (Å²) in [5.74, 6) is 1.35. The minimum atomic E-state index is 0.0842. The molecule has 0 radical (unpaired) electrons. The molecule has 1 amide bonds. The van der Waals surface area contributed by atoms with Gasteiger partial charge in [0, 0.05) is 32.1 Å². The van der Waals surface area contributed by atoms with Crippen LogP contribution in [0.3, 0.4) is 0 Å². The van der Waals surface area contributed by atoms with Gasteiger partial charge in [0.25, 0.3) is 0 Å². The fourth-order valence-corrected chi connectivity index (χ4v) is 3.49. The molecule has 7 heteroatoms. The first-order chi connectivity index (χ1) is 12.3. The van der Waals surface area contributed by atoms with Gasteiger partial charge in [-0.1, -0.05) is 0 Å². The molecule has 0 aliphatic carbocycles. The lowest BCUT2D eigenvalue weighted by Gasteiger charge is -2.24. The van der Waals surface area contributed by atoms with Crippen LogP contribution in [0.2, 0.25) is 0 Å². The van der Waals surface area contributed by atoms with Crippen molar-refractivity contribution in [3.63, 3.8) is 0 Å². The van der Waals surface area contributed by atoms with Crippen LogP contribution in [-0.4, -0.2) is 51.8 Å². The molecule has 0 N–H and O–H groups in total. The number of amides is 1. The fraction of sp³-hybridized carbons (Fsp3) is 0.556. The molecule has 0 aromatic carbocycles. The minimum Gasteiger partial charge on any atom is -0.420 e. The largest absolute Gasteiger partial charge is 0.420 e. The first-order valence-electron chi connectivity index (χ1n) is 8.93. The molecule has 25 heavy (non-hydrogen) atoms. The highest BCUT2D eigenvalue weighted by Crippen LogP contribution is 2.29. The topological polar surface area (TPSA) is 81.4 Å². The minimum absolute atomic E-state index is 0.0842. The van der Waals surface area contributed by atoms with Crippen molar-refractivity contribution in [2.45, 2.75) is 44.1 Å². The van der Waals surface area contributed by atoms with E-state index in [4.69, 9.17) is 9.15 Å². The Kier molecular flexibility index (Phi) is 4.74. The first-order valence-corrected chi connectivity index (χ1v) is 8.93. The second-order valence-electron chi connectivity index (χ2n) is 6.71. The van der Waals surface area contributed by atoms with E-state index in [0.717, 1.165) is 44.4 Å². The number of hydrogen-bond acceptors (Lipinski definition) is 6. The van der Waals surface area contributed by atoms with Crippen LogP contribution in [0.15, 0.2) is 28.9 Å². The highest BCUT2D eigenvalue weighted by atomic mass is 16.5. The lowest BCUT2D eigenvalue weighted by molar-refractivity contribution is -0.134. The number of likely N-dealkylation sites (tertiary alicyclic amines) is 1. The van der Waals surface area contributed by atoms with E-state index in [-0.39, 0.29) is 17.9 Å². The Morgan fingerprint density at radius 3 is 3.04 bits per heavy atom. The molecule has 0 bridgehead atoms. The van der Waals surface area contributed by atoms with Crippen molar-refractivity contribution < 1.29 is 13.9 Å². The highest BCUT2D eigenvalue weighted by Gasteiger charge is 2.32. The third-order valence-electron chi connectivity index (χ3n) is 4.92. The van der Waals surface area contributed by atoms with Crippen LogP contribution in [0.4, 0.5) is 0 Å². The molecule has 2 saturated heterocycles. The van der Waals surface area contributed by atoms with Crippen LogP contribution in [0.5, 0.6) is 0 Å². The SMILES string of the molecule is O=C(C[C@@H]1CCCCO1)N1CC[C@@H](c2nnc(-c3cccnc3)o2)C1. The monoisotopic (exact) mass is 342 g/mol. The Balaban J connectivity index is 1.36. The molecule has 2 aromatic rings. The van der Waals surface area contributed by atoms with Crippen molar-refractivity contribution in [2.24, 2.45) is 0 Å². The molecule has 0 unspecified atom stereocenters. The number of nitrogens with zero attached hydrogens (tertiary/aromatic N) is 4. The van der Waals surface area contributed by atoms with Gasteiger partial charge in [0.2, 0.25) is 17.7 Å². The summed E-state index contributed by atoms with van der Waals surface area (Å²) in [6.07, 6.45) is 8.07. The molecular weight excluding hydrogens is 320 g/mol. The summed E-state index contributed by atoms with van der Waals surface area (Å²) in [5, 5.41) is 8.29. The average molecular weight is 342 g/mol. The van der Waals surface area contributed by atoms with E-state index in [1.54, 1.807) is 12.4 Å². The van der Waals surface area contributed by atoms with Crippen LogP contribution < -0.4 is 0 Å². The molecule has 132 valence electrons. The molecule has 4 heterocycles. The zero-order valence-corrected chi connectivity index (χ0v) is 14.1. The Hall–Kier alpha value is -2.28. The standard InChI is InChI=1S/C18H22N4O3/c23-16(10-15-5-1-2-9-24-15)22-8-6-14(12-22)18-21-20-17(25-18)13-4-3-7-19-11-13/h3-4,7,11,14-15H,1-2,5-6,8-10,12H2/t14-,15+/m1/s1. The number of carbonyl (C=O) groups is 1. The molecule has 2 aliphatic heterocycles. The number of carbonyl (C=O) groups excluding carboxylic acids is 1. The third-order valence-corrected chi connectivity index (χ3v) is 4.92. The van der Waals surface area contributed by atoms with E-state index in [0.29, 0.717) is 24.7 Å². The predicted octanol–water partition coefficient (Wildman–Crippen LogP) is 2.41. The van der Waals surface area contributed by atoms with E-state index in [9.17, 15) is 4.79 Å². The molecule has 2 aliphatic rings. The molecule has 2 atom stereocenters. The summed E-state index contributed by atoms with van der Waals surface area (Å²) >= 11 is 0. The molecule has 7 nitrogen and oxygen atoms in total. The number of ether oxygens (including phenoxy) is 1. The van der Waals surface area contributed by atoms with Gasteiger partial charge >= 0.3 is 0 Å². The van der Waals surface area contributed by atoms with Crippen molar-refractivity contribution >= 4 is 5.91 Å². The Bertz CT molecular complexity index is 712. The number of pyridine rings is 1. The van der Waals surface area contributed by atoms with Gasteiger partial charge in [-0.25, -0.2) is 0 Å². The maximum atomic E-state index is 12.5. The predicted molar refractivity (Wildman–Crippen MR) is 89.7 cm³/mol. The summed E-state index contributed by atoms with van der Waals surface area (Å²) in [4.78, 5) is 18.5. The van der Waals surface area contributed by atoms with Gasteiger partial charge in [0.05, 0.1) is 24.0 Å². The maximum absolute atomic E-state index is 12.5. The van der Waals surface area contributed by atoms with Crippen molar-refractivity contribution in [3.05, 3.63) is 30.4 Å². The Morgan fingerprint density at radius 1 is 1.28 bits per heavy atom. The zero-order valence-electron chi connectivity index (χ0n) is 14.1. The normalized spacial score (nSPS) is 23.8. The van der Waals surface area contributed by atoms with Gasteiger partial charge in [0.1, 0.15) is 0 Å². The van der Waals surface area contributed by atoms with Crippen molar-refractivity contribution in [1.29, 1.82) is 0 Å². The van der Waals surface area contributed by atoms with Crippen LogP contribution in [0.25, 0.3) is 11.5 Å².